The third-order valence-electron chi connectivity index (χ3n) is 8.58. The van der Waals surface area contributed by atoms with Crippen LogP contribution in [0, 0.1) is 11.7 Å². The molecule has 2 saturated carbocycles. The molecule has 1 atom stereocenters. The van der Waals surface area contributed by atoms with Crippen molar-refractivity contribution in [3.63, 3.8) is 0 Å². The number of nitrogens with two attached hydrogens (primary N) is 1. The molecule has 3 aromatic heterocycles. The molecule has 11 heteroatoms. The number of fused-ring (bicyclic) bond motifs is 1. The first kappa shape index (κ1) is 29.6. The van der Waals surface area contributed by atoms with E-state index in [4.69, 9.17) is 25.2 Å². The van der Waals surface area contributed by atoms with Crippen molar-refractivity contribution < 1.29 is 28.6 Å². The van der Waals surface area contributed by atoms with Crippen LogP contribution in [0.5, 0.6) is 11.5 Å². The minimum absolute atomic E-state index is 0.131. The largest absolute Gasteiger partial charge is 0.493 e. The molecule has 0 aliphatic heterocycles. The molecule has 1 aromatic carbocycles. The summed E-state index contributed by atoms with van der Waals surface area (Å²) in [6.07, 6.45) is 8.08. The van der Waals surface area contributed by atoms with Gasteiger partial charge in [0.1, 0.15) is 22.9 Å². The van der Waals surface area contributed by atoms with E-state index in [1.807, 2.05) is 6.20 Å². The lowest BCUT2D eigenvalue weighted by Crippen LogP contribution is -2.49. The minimum atomic E-state index is -1.57. The number of aromatic nitrogens is 3. The first-order valence-electron chi connectivity index (χ1n) is 15.0. The number of hydrogen-bond donors (Lipinski definition) is 3. The van der Waals surface area contributed by atoms with Gasteiger partial charge in [-0.25, -0.2) is 14.4 Å². The average Bonchev–Trinajstić information content (AvgIpc) is 3.74. The molecule has 44 heavy (non-hydrogen) atoms. The van der Waals surface area contributed by atoms with E-state index >= 15 is 0 Å². The van der Waals surface area contributed by atoms with Gasteiger partial charge in [-0.3, -0.25) is 9.59 Å². The molecule has 2 amide bonds. The zero-order chi connectivity index (χ0) is 31.0. The Hall–Kier alpha value is -4.51. The van der Waals surface area contributed by atoms with E-state index in [1.165, 1.54) is 19.2 Å². The quantitative estimate of drug-likeness (QED) is 0.220. The Morgan fingerprint density at radius 2 is 1.89 bits per heavy atom. The number of rotatable bonds is 12. The summed E-state index contributed by atoms with van der Waals surface area (Å²) >= 11 is 0. The number of carbonyl (C=O) groups excluding carboxylic acids is 2. The van der Waals surface area contributed by atoms with Crippen molar-refractivity contribution in [3.8, 4) is 22.8 Å². The zero-order valence-corrected chi connectivity index (χ0v) is 24.8. The number of nitrogens with one attached hydrogen (secondary N) is 1. The Bertz CT molecular complexity index is 1710. The summed E-state index contributed by atoms with van der Waals surface area (Å²) in [5, 5.41) is 15.2. The van der Waals surface area contributed by atoms with Gasteiger partial charge in [0.2, 0.25) is 5.91 Å². The SMILES string of the molecule is CCOc1c(CC(N)=O)cc([C@@](O)(CNC(=O)c2cc(OC)c3nc(C4CC4)cn3c2)C2CCC2)nc1-c1ccc(F)cc1. The second-order valence-electron chi connectivity index (χ2n) is 11.6. The number of hydrogen-bond acceptors (Lipinski definition) is 7. The van der Waals surface area contributed by atoms with Crippen LogP contribution < -0.4 is 20.5 Å². The molecule has 0 saturated heterocycles. The van der Waals surface area contributed by atoms with Gasteiger partial charge in [-0.2, -0.15) is 0 Å². The number of benzene rings is 1. The second-order valence-corrected chi connectivity index (χ2v) is 11.6. The van der Waals surface area contributed by atoms with Crippen LogP contribution >= 0.6 is 0 Å². The van der Waals surface area contributed by atoms with Crippen LogP contribution in [0.2, 0.25) is 0 Å². The highest BCUT2D eigenvalue weighted by Crippen LogP contribution is 2.44. The molecule has 0 unspecified atom stereocenters. The molecule has 4 N–H and O–H groups in total. The summed E-state index contributed by atoms with van der Waals surface area (Å²) < 4.78 is 27.1. The van der Waals surface area contributed by atoms with Gasteiger partial charge in [0, 0.05) is 29.4 Å². The lowest BCUT2D eigenvalue weighted by Gasteiger charge is -2.41. The Morgan fingerprint density at radius 3 is 2.50 bits per heavy atom. The molecule has 6 rings (SSSR count). The predicted molar refractivity (Wildman–Crippen MR) is 161 cm³/mol. The maximum Gasteiger partial charge on any atom is 0.253 e. The molecule has 10 nitrogen and oxygen atoms in total. The number of carbonyl (C=O) groups is 2. The summed E-state index contributed by atoms with van der Waals surface area (Å²) in [6.45, 7) is 1.96. The Labute approximate surface area is 254 Å². The lowest BCUT2D eigenvalue weighted by molar-refractivity contribution is -0.117. The summed E-state index contributed by atoms with van der Waals surface area (Å²) in [6, 6.07) is 9.03. The number of ether oxygens (including phenoxy) is 2. The summed E-state index contributed by atoms with van der Waals surface area (Å²) in [7, 11) is 1.54. The molecule has 230 valence electrons. The van der Waals surface area contributed by atoms with Gasteiger partial charge < -0.3 is 30.0 Å². The van der Waals surface area contributed by atoms with E-state index in [9.17, 15) is 19.1 Å². The number of imidazole rings is 1. The Kier molecular flexibility index (Phi) is 7.98. The highest BCUT2D eigenvalue weighted by molar-refractivity contribution is 5.95. The van der Waals surface area contributed by atoms with Gasteiger partial charge in [0.05, 0.1) is 43.6 Å². The average molecular weight is 602 g/mol. The van der Waals surface area contributed by atoms with Crippen LogP contribution in [0.4, 0.5) is 4.39 Å². The molecule has 2 aliphatic carbocycles. The predicted octanol–water partition coefficient (Wildman–Crippen LogP) is 4.27. The van der Waals surface area contributed by atoms with E-state index in [2.05, 4.69) is 5.32 Å². The number of primary amides is 1. The van der Waals surface area contributed by atoms with Crippen molar-refractivity contribution in [2.75, 3.05) is 20.3 Å². The molecule has 2 fully saturated rings. The van der Waals surface area contributed by atoms with E-state index < -0.39 is 23.2 Å². The Balaban J connectivity index is 1.37. The van der Waals surface area contributed by atoms with Crippen LogP contribution in [0.1, 0.15) is 72.3 Å². The van der Waals surface area contributed by atoms with Gasteiger partial charge >= 0.3 is 0 Å². The summed E-state index contributed by atoms with van der Waals surface area (Å²) in [5.74, 6) is -0.324. The normalized spacial score (nSPS) is 16.3. The van der Waals surface area contributed by atoms with Crippen LogP contribution in [0.15, 0.2) is 48.8 Å². The maximum atomic E-state index is 13.8. The van der Waals surface area contributed by atoms with Crippen molar-refractivity contribution >= 4 is 17.5 Å². The number of halogens is 1. The fraction of sp³-hybridized carbons (Fsp3) is 0.394. The van der Waals surface area contributed by atoms with E-state index in [0.29, 0.717) is 45.4 Å². The third-order valence-corrected chi connectivity index (χ3v) is 8.58. The van der Waals surface area contributed by atoms with Crippen molar-refractivity contribution in [2.45, 2.75) is 57.0 Å². The number of methoxy groups -OCH3 is 1. The van der Waals surface area contributed by atoms with Crippen molar-refractivity contribution in [1.82, 2.24) is 19.7 Å². The zero-order valence-electron chi connectivity index (χ0n) is 24.8. The molecule has 3 heterocycles. The van der Waals surface area contributed by atoms with Crippen molar-refractivity contribution in [3.05, 3.63) is 77.1 Å². The summed E-state index contributed by atoms with van der Waals surface area (Å²) in [5.41, 5.74) is 7.64. The number of nitrogens with zero attached hydrogens (tertiary/aromatic N) is 3. The van der Waals surface area contributed by atoms with Gasteiger partial charge in [0.25, 0.3) is 5.91 Å². The molecular formula is C33H36FN5O5. The topological polar surface area (TPSA) is 141 Å². The molecular weight excluding hydrogens is 565 g/mol. The standard InChI is InChI=1S/C33H36FN5O5/c1-3-44-30-21(15-28(35)40)14-27(38-29(30)20-9-11-24(34)12-10-20)33(42,23-5-4-6-23)18-36-32(41)22-13-26(43-2)31-37-25(19-7-8-19)17-39(31)16-22/h9-14,16-17,19,23,42H,3-8,15,18H2,1-2H3,(H2,35,40)(H,36,41)/t33-/m1/s1. The molecule has 0 bridgehead atoms. The fourth-order valence-corrected chi connectivity index (χ4v) is 5.82. The highest BCUT2D eigenvalue weighted by Gasteiger charge is 2.44. The van der Waals surface area contributed by atoms with Crippen LogP contribution in [0.25, 0.3) is 16.9 Å². The van der Waals surface area contributed by atoms with Crippen LogP contribution in [0.3, 0.4) is 0 Å². The van der Waals surface area contributed by atoms with E-state index in [0.717, 1.165) is 37.8 Å². The molecule has 4 aromatic rings. The van der Waals surface area contributed by atoms with E-state index in [1.54, 1.807) is 41.8 Å². The number of pyridine rings is 2. The molecule has 0 radical (unpaired) electrons. The number of aliphatic hydroxyl groups is 1. The second kappa shape index (κ2) is 11.9. The van der Waals surface area contributed by atoms with Crippen molar-refractivity contribution in [2.24, 2.45) is 11.7 Å². The first-order valence-corrected chi connectivity index (χ1v) is 15.0. The monoisotopic (exact) mass is 601 g/mol. The Morgan fingerprint density at radius 1 is 1.14 bits per heavy atom. The maximum absolute atomic E-state index is 13.8. The van der Waals surface area contributed by atoms with Gasteiger partial charge in [-0.15, -0.1) is 0 Å². The van der Waals surface area contributed by atoms with Gasteiger partial charge in [-0.05, 0) is 74.9 Å². The molecule has 2 aliphatic rings. The third kappa shape index (κ3) is 5.71. The van der Waals surface area contributed by atoms with Crippen molar-refractivity contribution in [1.29, 1.82) is 0 Å². The first-order chi connectivity index (χ1) is 21.2. The molecule has 0 spiro atoms. The minimum Gasteiger partial charge on any atom is -0.493 e. The highest BCUT2D eigenvalue weighted by atomic mass is 19.1. The lowest BCUT2D eigenvalue weighted by atomic mass is 9.70. The van der Waals surface area contributed by atoms with E-state index in [-0.39, 0.29) is 31.2 Å². The van der Waals surface area contributed by atoms with Crippen LogP contribution in [-0.2, 0) is 16.8 Å². The summed E-state index contributed by atoms with van der Waals surface area (Å²) in [4.78, 5) is 35.2. The van der Waals surface area contributed by atoms with Gasteiger partial charge in [0.15, 0.2) is 11.4 Å². The fourth-order valence-electron chi connectivity index (χ4n) is 5.82. The smallest absolute Gasteiger partial charge is 0.253 e. The van der Waals surface area contributed by atoms with Crippen LogP contribution in [-0.4, -0.2) is 51.6 Å². The van der Waals surface area contributed by atoms with Gasteiger partial charge in [-0.1, -0.05) is 6.42 Å². The number of amides is 2.